The van der Waals surface area contributed by atoms with Crippen LogP contribution in [0.3, 0.4) is 0 Å². The van der Waals surface area contributed by atoms with Crippen molar-refractivity contribution in [3.63, 3.8) is 0 Å². The third-order valence-electron chi connectivity index (χ3n) is 11.1. The van der Waals surface area contributed by atoms with Crippen LogP contribution in [0.1, 0.15) is 260 Å². The second-order valence-electron chi connectivity index (χ2n) is 15.6. The summed E-state index contributed by atoms with van der Waals surface area (Å²) >= 11 is 0. The Morgan fingerprint density at radius 2 is 0.635 bits per heavy atom. The van der Waals surface area contributed by atoms with Crippen LogP contribution in [0.15, 0.2) is 0 Å². The van der Waals surface area contributed by atoms with Gasteiger partial charge in [0.1, 0.15) is 0 Å². The van der Waals surface area contributed by atoms with Crippen LogP contribution in [-0.4, -0.2) is 34.3 Å². The highest BCUT2D eigenvalue weighted by atomic mass is 31.2. The van der Waals surface area contributed by atoms with E-state index in [0.717, 1.165) is 25.7 Å². The maximum Gasteiger partial charge on any atom is 0.331 e. The van der Waals surface area contributed by atoms with E-state index in [1.807, 2.05) is 27.7 Å². The molecule has 0 saturated carbocycles. The summed E-state index contributed by atoms with van der Waals surface area (Å²) in [5.74, 6) is 0. The van der Waals surface area contributed by atoms with E-state index < -0.39 is 20.3 Å². The molecule has 0 spiro atoms. The highest BCUT2D eigenvalue weighted by Crippen LogP contribution is 2.57. The van der Waals surface area contributed by atoms with Gasteiger partial charge in [-0.25, -0.2) is 0 Å². The molecule has 0 saturated heterocycles. The minimum atomic E-state index is -4.00. The first-order valence-electron chi connectivity index (χ1n) is 23.1. The maximum absolute atomic E-state index is 12.3. The minimum Gasteiger partial charge on any atom is -0.324 e. The first-order valence-corrected chi connectivity index (χ1v) is 26.4. The first kappa shape index (κ1) is 54.4. The molecule has 0 aromatic heterocycles. The van der Waals surface area contributed by atoms with Crippen LogP contribution < -0.4 is 0 Å². The second-order valence-corrected chi connectivity index (χ2v) is 19.9. The Labute approximate surface area is 326 Å². The lowest BCUT2D eigenvalue weighted by Crippen LogP contribution is -2.27. The molecular formula is C44H94O6P2. The summed E-state index contributed by atoms with van der Waals surface area (Å²) in [7, 11) is -6.80. The molecule has 6 nitrogen and oxygen atoms in total. The van der Waals surface area contributed by atoms with Crippen LogP contribution >= 0.6 is 15.2 Å². The lowest BCUT2D eigenvalue weighted by Gasteiger charge is -2.32. The lowest BCUT2D eigenvalue weighted by atomic mass is 9.94. The molecule has 0 radical (unpaired) electrons. The van der Waals surface area contributed by atoms with Gasteiger partial charge in [0, 0.05) is 0 Å². The van der Waals surface area contributed by atoms with Crippen LogP contribution in [-0.2, 0) is 18.2 Å². The molecule has 2 N–H and O–H groups in total. The molecule has 0 bridgehead atoms. The van der Waals surface area contributed by atoms with Crippen LogP contribution in [0.2, 0.25) is 0 Å². The van der Waals surface area contributed by atoms with Gasteiger partial charge in [-0.3, -0.25) is 9.13 Å². The zero-order valence-corrected chi connectivity index (χ0v) is 37.9. The summed E-state index contributed by atoms with van der Waals surface area (Å²) in [5, 5.41) is -0.774. The van der Waals surface area contributed by atoms with E-state index in [2.05, 4.69) is 13.8 Å². The summed E-state index contributed by atoms with van der Waals surface area (Å²) in [6.45, 7) is 13.1. The molecule has 0 unspecified atom stereocenters. The SMILES string of the molecule is CCCCCCCCCCCCCCCCCC(CC)(CC)P(=O)(O)O.CCCCCCCCCCCCCCCCCCP(=O)(OCC)OCC. The van der Waals surface area contributed by atoms with Crippen molar-refractivity contribution in [3.8, 4) is 0 Å². The molecule has 0 amide bonds. The average molecular weight is 781 g/mol. The van der Waals surface area contributed by atoms with Crippen molar-refractivity contribution in [1.29, 1.82) is 0 Å². The van der Waals surface area contributed by atoms with Gasteiger partial charge in [-0.2, -0.15) is 0 Å². The van der Waals surface area contributed by atoms with E-state index in [1.54, 1.807) is 0 Å². The van der Waals surface area contributed by atoms with E-state index in [-0.39, 0.29) is 0 Å². The molecule has 316 valence electrons. The highest BCUT2D eigenvalue weighted by Gasteiger charge is 2.42. The number of unbranched alkanes of at least 4 members (excludes halogenated alkanes) is 29. The summed E-state index contributed by atoms with van der Waals surface area (Å²) < 4.78 is 34.8. The molecule has 0 aromatic carbocycles. The lowest BCUT2D eigenvalue weighted by molar-refractivity contribution is 0.219. The normalized spacial score (nSPS) is 12.3. The Hall–Kier alpha value is 0.300. The Bertz CT molecular complexity index is 786. The van der Waals surface area contributed by atoms with Crippen LogP contribution in [0.25, 0.3) is 0 Å². The smallest absolute Gasteiger partial charge is 0.324 e. The fraction of sp³-hybridized carbons (Fsp3) is 1.00. The molecule has 0 atom stereocenters. The molecule has 0 aliphatic heterocycles. The first-order chi connectivity index (χ1) is 25.1. The van der Waals surface area contributed by atoms with Crippen LogP contribution in [0.5, 0.6) is 0 Å². The van der Waals surface area contributed by atoms with Crippen molar-refractivity contribution in [2.75, 3.05) is 19.4 Å². The largest absolute Gasteiger partial charge is 0.331 e. The van der Waals surface area contributed by atoms with Gasteiger partial charge in [0.25, 0.3) is 0 Å². The molecular weight excluding hydrogens is 686 g/mol. The van der Waals surface area contributed by atoms with Crippen molar-refractivity contribution in [2.45, 2.75) is 265 Å². The molecule has 0 aromatic rings. The number of hydrogen-bond donors (Lipinski definition) is 2. The standard InChI is InChI=1S/2C22H47O3P/c1-4-7-8-9-10-11-12-13-14-15-16-17-18-19-20-21-22-26(23,24-5-2)25-6-3;1-4-7-8-9-10-11-12-13-14-15-16-17-18-19-20-21-22(5-2,6-3)26(23,24)25/h4-22H2,1-3H3;4-21H2,1-3H3,(H2,23,24,25). The quantitative estimate of drug-likeness (QED) is 0.0475. The molecule has 0 fully saturated rings. The van der Waals surface area contributed by atoms with Gasteiger partial charge < -0.3 is 18.8 Å². The topological polar surface area (TPSA) is 93.1 Å². The second kappa shape index (κ2) is 39.5. The molecule has 52 heavy (non-hydrogen) atoms. The van der Waals surface area contributed by atoms with E-state index in [4.69, 9.17) is 9.05 Å². The van der Waals surface area contributed by atoms with Crippen molar-refractivity contribution in [3.05, 3.63) is 0 Å². The predicted molar refractivity (Wildman–Crippen MR) is 230 cm³/mol. The van der Waals surface area contributed by atoms with Gasteiger partial charge in [-0.1, -0.05) is 220 Å². The Kier molecular flexibility index (Phi) is 41.4. The molecule has 0 aliphatic rings. The Morgan fingerprint density at radius 3 is 0.865 bits per heavy atom. The van der Waals surface area contributed by atoms with Gasteiger partial charge in [0.2, 0.25) is 0 Å². The zero-order valence-electron chi connectivity index (χ0n) is 36.1. The third kappa shape index (κ3) is 33.6. The highest BCUT2D eigenvalue weighted by molar-refractivity contribution is 7.54. The van der Waals surface area contributed by atoms with Gasteiger partial charge in [-0.15, -0.1) is 0 Å². The van der Waals surface area contributed by atoms with Crippen LogP contribution in [0.4, 0.5) is 0 Å². The monoisotopic (exact) mass is 781 g/mol. The van der Waals surface area contributed by atoms with E-state index in [0.29, 0.717) is 38.6 Å². The van der Waals surface area contributed by atoms with Crippen LogP contribution in [0, 0.1) is 0 Å². The fourth-order valence-electron chi connectivity index (χ4n) is 7.40. The van der Waals surface area contributed by atoms with Gasteiger partial charge in [0.15, 0.2) is 0 Å². The number of rotatable bonds is 40. The van der Waals surface area contributed by atoms with Crippen molar-refractivity contribution < 1.29 is 28.0 Å². The van der Waals surface area contributed by atoms with E-state index in [1.165, 1.54) is 173 Å². The molecule has 0 aliphatic carbocycles. The molecule has 0 rings (SSSR count). The average Bonchev–Trinajstić information content (AvgIpc) is 3.11. The van der Waals surface area contributed by atoms with Crippen molar-refractivity contribution in [1.82, 2.24) is 0 Å². The van der Waals surface area contributed by atoms with Gasteiger partial charge >= 0.3 is 15.2 Å². The molecule has 0 heterocycles. The van der Waals surface area contributed by atoms with E-state index >= 15 is 0 Å². The Morgan fingerprint density at radius 1 is 0.385 bits per heavy atom. The summed E-state index contributed by atoms with van der Waals surface area (Å²) in [4.78, 5) is 19.3. The van der Waals surface area contributed by atoms with Crippen molar-refractivity contribution >= 4 is 15.2 Å². The zero-order chi connectivity index (χ0) is 39.1. The third-order valence-corrected chi connectivity index (χ3v) is 15.4. The fourth-order valence-corrected chi connectivity index (χ4v) is 10.4. The molecule has 8 heteroatoms. The summed E-state index contributed by atoms with van der Waals surface area (Å²) in [6, 6.07) is 0. The predicted octanol–water partition coefficient (Wildman–Crippen LogP) is 16.5. The summed E-state index contributed by atoms with van der Waals surface area (Å²) in [6.07, 6.45) is 43.8. The van der Waals surface area contributed by atoms with Crippen molar-refractivity contribution in [2.24, 2.45) is 0 Å². The van der Waals surface area contributed by atoms with Gasteiger partial charge in [-0.05, 0) is 39.5 Å². The summed E-state index contributed by atoms with van der Waals surface area (Å²) in [5.41, 5.74) is 0. The van der Waals surface area contributed by atoms with Gasteiger partial charge in [0.05, 0.1) is 24.5 Å². The Balaban J connectivity index is 0. The maximum atomic E-state index is 12.3. The van der Waals surface area contributed by atoms with E-state index in [9.17, 15) is 18.9 Å². The minimum absolute atomic E-state index is 0.468. The number of hydrogen-bond acceptors (Lipinski definition) is 4.